The van der Waals surface area contributed by atoms with Crippen LogP contribution in [-0.2, 0) is 4.74 Å². The second-order valence-electron chi connectivity index (χ2n) is 5.49. The molecule has 138 valence electrons. The van der Waals surface area contributed by atoms with Gasteiger partial charge < -0.3 is 13.9 Å². The average Bonchev–Trinajstić information content (AvgIpc) is 3.16. The topological polar surface area (TPSA) is 65.7 Å². The molecule has 0 atom stereocenters. The number of carbonyl (C=O) groups excluding carboxylic acids is 2. The molecule has 0 N–H and O–H groups in total. The van der Waals surface area contributed by atoms with Crippen LogP contribution in [0.2, 0.25) is 0 Å². The van der Waals surface area contributed by atoms with Crippen LogP contribution in [0, 0.1) is 11.6 Å². The van der Waals surface area contributed by atoms with Crippen LogP contribution >= 0.6 is 0 Å². The van der Waals surface area contributed by atoms with Crippen LogP contribution in [0.5, 0.6) is 5.75 Å². The summed E-state index contributed by atoms with van der Waals surface area (Å²) in [6.45, 7) is -0.631. The summed E-state index contributed by atoms with van der Waals surface area (Å²) in [5.41, 5.74) is 0.147. The fourth-order valence-electron chi connectivity index (χ4n) is 2.43. The van der Waals surface area contributed by atoms with Crippen molar-refractivity contribution < 1.29 is 32.3 Å². The number of ketones is 1. The van der Waals surface area contributed by atoms with E-state index in [1.54, 1.807) is 6.07 Å². The average molecular weight is 372 g/mol. The number of Topliss-reactive ketones (excluding diaryl/α,β-unsaturated/α-hetero) is 1. The fourth-order valence-corrected chi connectivity index (χ4v) is 2.43. The number of carbonyl (C=O) groups is 2. The van der Waals surface area contributed by atoms with Gasteiger partial charge in [-0.05, 0) is 42.5 Å². The van der Waals surface area contributed by atoms with Crippen molar-refractivity contribution in [1.29, 1.82) is 0 Å². The van der Waals surface area contributed by atoms with Crippen LogP contribution < -0.4 is 4.74 Å². The van der Waals surface area contributed by atoms with Crippen molar-refractivity contribution in [2.75, 3.05) is 13.7 Å². The minimum Gasteiger partial charge on any atom is -0.496 e. The largest absolute Gasteiger partial charge is 0.496 e. The van der Waals surface area contributed by atoms with Crippen molar-refractivity contribution in [3.63, 3.8) is 0 Å². The van der Waals surface area contributed by atoms with E-state index in [-0.39, 0.29) is 28.4 Å². The molecule has 0 bridgehead atoms. The van der Waals surface area contributed by atoms with Gasteiger partial charge in [-0.15, -0.1) is 0 Å². The monoisotopic (exact) mass is 372 g/mol. The van der Waals surface area contributed by atoms with Gasteiger partial charge in [-0.25, -0.2) is 13.6 Å². The van der Waals surface area contributed by atoms with E-state index >= 15 is 0 Å². The highest BCUT2D eigenvalue weighted by Crippen LogP contribution is 2.25. The molecule has 0 spiro atoms. The van der Waals surface area contributed by atoms with Crippen molar-refractivity contribution in [2.24, 2.45) is 0 Å². The zero-order chi connectivity index (χ0) is 19.4. The highest BCUT2D eigenvalue weighted by atomic mass is 19.1. The first kappa shape index (κ1) is 18.3. The maximum absolute atomic E-state index is 13.8. The summed E-state index contributed by atoms with van der Waals surface area (Å²) >= 11 is 0. The van der Waals surface area contributed by atoms with E-state index in [0.29, 0.717) is 0 Å². The molecule has 0 fully saturated rings. The predicted molar refractivity (Wildman–Crippen MR) is 91.7 cm³/mol. The molecule has 0 amide bonds. The Kier molecular flexibility index (Phi) is 5.30. The molecule has 0 aliphatic carbocycles. The van der Waals surface area contributed by atoms with Crippen molar-refractivity contribution in [3.8, 4) is 17.1 Å². The van der Waals surface area contributed by atoms with Crippen molar-refractivity contribution in [3.05, 3.63) is 77.6 Å². The first-order chi connectivity index (χ1) is 13.0. The number of benzene rings is 2. The van der Waals surface area contributed by atoms with Gasteiger partial charge in [-0.3, -0.25) is 4.79 Å². The highest BCUT2D eigenvalue weighted by Gasteiger charge is 2.19. The van der Waals surface area contributed by atoms with E-state index in [4.69, 9.17) is 13.9 Å². The van der Waals surface area contributed by atoms with Crippen molar-refractivity contribution >= 4 is 11.8 Å². The van der Waals surface area contributed by atoms with Crippen molar-refractivity contribution in [2.45, 2.75) is 0 Å². The summed E-state index contributed by atoms with van der Waals surface area (Å²) in [5.74, 6) is -2.53. The predicted octanol–water partition coefficient (Wildman–Crippen LogP) is 4.27. The second kappa shape index (κ2) is 7.82. The molecule has 1 heterocycles. The Morgan fingerprint density at radius 2 is 1.81 bits per heavy atom. The number of furan rings is 1. The highest BCUT2D eigenvalue weighted by molar-refractivity contribution is 6.01. The van der Waals surface area contributed by atoms with Crippen LogP contribution in [0.4, 0.5) is 8.78 Å². The number of hydrogen-bond donors (Lipinski definition) is 0. The Bertz CT molecular complexity index is 994. The van der Waals surface area contributed by atoms with E-state index in [9.17, 15) is 18.4 Å². The Morgan fingerprint density at radius 1 is 1.04 bits per heavy atom. The molecule has 27 heavy (non-hydrogen) atoms. The van der Waals surface area contributed by atoms with Gasteiger partial charge in [0, 0.05) is 0 Å². The Balaban J connectivity index is 1.69. The number of methoxy groups -OCH3 is 1. The van der Waals surface area contributed by atoms with Crippen molar-refractivity contribution in [1.82, 2.24) is 0 Å². The van der Waals surface area contributed by atoms with E-state index in [1.165, 1.54) is 43.5 Å². The number of ether oxygens (including phenoxy) is 2. The lowest BCUT2D eigenvalue weighted by Crippen LogP contribution is -2.15. The normalized spacial score (nSPS) is 10.5. The standard InChI is InChI=1S/C20H14F2O5/c1-25-17-7-6-12(21)10-14(17)16(23)11-26-20(24)19-9-8-18(27-19)13-4-2-3-5-15(13)22/h2-10H,11H2,1H3. The molecule has 0 aliphatic heterocycles. The molecule has 3 aromatic rings. The van der Waals surface area contributed by atoms with Gasteiger partial charge in [0.25, 0.3) is 0 Å². The lowest BCUT2D eigenvalue weighted by Gasteiger charge is -2.08. The maximum Gasteiger partial charge on any atom is 0.374 e. The van der Waals surface area contributed by atoms with Crippen LogP contribution in [0.3, 0.4) is 0 Å². The quantitative estimate of drug-likeness (QED) is 0.477. The molecule has 0 unspecified atom stereocenters. The van der Waals surface area contributed by atoms with Gasteiger partial charge in [0.1, 0.15) is 23.1 Å². The van der Waals surface area contributed by atoms with Crippen LogP contribution in [0.25, 0.3) is 11.3 Å². The lowest BCUT2D eigenvalue weighted by molar-refractivity contribution is 0.0444. The summed E-state index contributed by atoms with van der Waals surface area (Å²) < 4.78 is 42.3. The van der Waals surface area contributed by atoms with Gasteiger partial charge in [0.05, 0.1) is 18.2 Å². The number of halogens is 2. The summed E-state index contributed by atoms with van der Waals surface area (Å²) in [6, 6.07) is 12.1. The van der Waals surface area contributed by atoms with Gasteiger partial charge in [0.15, 0.2) is 6.61 Å². The first-order valence-electron chi connectivity index (χ1n) is 7.88. The number of esters is 1. The molecule has 0 radical (unpaired) electrons. The fraction of sp³-hybridized carbons (Fsp3) is 0.100. The summed E-state index contributed by atoms with van der Waals surface area (Å²) in [6.07, 6.45) is 0. The molecule has 3 rings (SSSR count). The summed E-state index contributed by atoms with van der Waals surface area (Å²) in [7, 11) is 1.34. The van der Waals surface area contributed by atoms with E-state index in [1.807, 2.05) is 0 Å². The van der Waals surface area contributed by atoms with Gasteiger partial charge in [-0.2, -0.15) is 0 Å². The Morgan fingerprint density at radius 3 is 2.56 bits per heavy atom. The molecule has 5 nitrogen and oxygen atoms in total. The zero-order valence-corrected chi connectivity index (χ0v) is 14.2. The number of rotatable bonds is 6. The minimum atomic E-state index is -0.902. The smallest absolute Gasteiger partial charge is 0.374 e. The molecule has 0 saturated heterocycles. The van der Waals surface area contributed by atoms with Crippen LogP contribution in [0.15, 0.2) is 59.0 Å². The summed E-state index contributed by atoms with van der Waals surface area (Å²) in [5, 5.41) is 0. The molecule has 7 heteroatoms. The lowest BCUT2D eigenvalue weighted by atomic mass is 10.1. The Hall–Kier alpha value is -3.48. The minimum absolute atomic E-state index is 0.0446. The van der Waals surface area contributed by atoms with Gasteiger partial charge >= 0.3 is 5.97 Å². The van der Waals surface area contributed by atoms with Gasteiger partial charge in [-0.1, -0.05) is 12.1 Å². The van der Waals surface area contributed by atoms with E-state index in [2.05, 4.69) is 0 Å². The second-order valence-corrected chi connectivity index (χ2v) is 5.49. The van der Waals surface area contributed by atoms with Crippen LogP contribution in [0.1, 0.15) is 20.9 Å². The molecule has 0 saturated carbocycles. The molecular formula is C20H14F2O5. The third kappa shape index (κ3) is 4.03. The number of hydrogen-bond acceptors (Lipinski definition) is 5. The third-order valence-electron chi connectivity index (χ3n) is 3.74. The molecule has 1 aromatic heterocycles. The zero-order valence-electron chi connectivity index (χ0n) is 14.2. The Labute approximate surface area is 153 Å². The third-order valence-corrected chi connectivity index (χ3v) is 3.74. The summed E-state index contributed by atoms with van der Waals surface area (Å²) in [4.78, 5) is 24.2. The maximum atomic E-state index is 13.8. The van der Waals surface area contributed by atoms with Gasteiger partial charge in [0.2, 0.25) is 11.5 Å². The van der Waals surface area contributed by atoms with E-state index in [0.717, 1.165) is 12.1 Å². The van der Waals surface area contributed by atoms with E-state index < -0.39 is 30.0 Å². The molecule has 0 aliphatic rings. The first-order valence-corrected chi connectivity index (χ1v) is 7.88. The van der Waals surface area contributed by atoms with Crippen LogP contribution in [-0.4, -0.2) is 25.5 Å². The molecular weight excluding hydrogens is 358 g/mol. The SMILES string of the molecule is COc1ccc(F)cc1C(=O)COC(=O)c1ccc(-c2ccccc2F)o1. The molecule has 2 aromatic carbocycles.